The van der Waals surface area contributed by atoms with Crippen molar-refractivity contribution >= 4 is 11.5 Å². The molecule has 0 radical (unpaired) electrons. The van der Waals surface area contributed by atoms with Crippen LogP contribution in [0.2, 0.25) is 0 Å². The molecule has 0 fully saturated rings. The van der Waals surface area contributed by atoms with E-state index in [1.165, 1.54) is 0 Å². The van der Waals surface area contributed by atoms with Crippen LogP contribution in [0.15, 0.2) is 54.2 Å². The van der Waals surface area contributed by atoms with E-state index < -0.39 is 0 Å². The Labute approximate surface area is 170 Å². The van der Waals surface area contributed by atoms with Crippen LogP contribution in [-0.2, 0) is 0 Å². The maximum absolute atomic E-state index is 5.51. The van der Waals surface area contributed by atoms with Gasteiger partial charge in [-0.25, -0.2) is 4.99 Å². The molecule has 28 heavy (non-hydrogen) atoms. The predicted molar refractivity (Wildman–Crippen MR) is 121 cm³/mol. The zero-order chi connectivity index (χ0) is 21.1. The fourth-order valence-electron chi connectivity index (χ4n) is 2.83. The molecule has 1 N–H and O–H groups in total. The number of anilines is 1. The number of hydrogen-bond donors (Lipinski definition) is 1. The molecule has 2 aromatic rings. The summed E-state index contributed by atoms with van der Waals surface area (Å²) in [5.74, 6) is 2.49. The van der Waals surface area contributed by atoms with Gasteiger partial charge < -0.3 is 14.8 Å². The van der Waals surface area contributed by atoms with Gasteiger partial charge in [-0.3, -0.25) is 0 Å². The predicted octanol–water partition coefficient (Wildman–Crippen LogP) is 6.55. The van der Waals surface area contributed by atoms with Gasteiger partial charge >= 0.3 is 0 Å². The lowest BCUT2D eigenvalue weighted by Crippen LogP contribution is -2.17. The molecule has 1 unspecified atom stereocenters. The van der Waals surface area contributed by atoms with E-state index in [-0.39, 0.29) is 0 Å². The van der Waals surface area contributed by atoms with Gasteiger partial charge in [-0.05, 0) is 48.6 Å². The Kier molecular flexibility index (Phi) is 9.86. The van der Waals surface area contributed by atoms with Crippen molar-refractivity contribution in [1.29, 1.82) is 0 Å². The van der Waals surface area contributed by atoms with Crippen LogP contribution in [0.3, 0.4) is 0 Å². The summed E-state index contributed by atoms with van der Waals surface area (Å²) in [5, 5.41) is 3.46. The summed E-state index contributed by atoms with van der Waals surface area (Å²) < 4.78 is 11.0. The molecular weight excluding hydrogens is 348 g/mol. The Balaban J connectivity index is 0.00000190. The number of rotatable bonds is 7. The van der Waals surface area contributed by atoms with E-state index in [1.807, 2.05) is 44.2 Å². The monoisotopic (exact) mass is 382 g/mol. The third-order valence-electron chi connectivity index (χ3n) is 4.57. The quantitative estimate of drug-likeness (QED) is 0.436. The van der Waals surface area contributed by atoms with Gasteiger partial charge in [-0.15, -0.1) is 0 Å². The van der Waals surface area contributed by atoms with Crippen molar-refractivity contribution < 1.29 is 9.47 Å². The van der Waals surface area contributed by atoms with Crippen molar-refractivity contribution in [2.45, 2.75) is 47.0 Å². The lowest BCUT2D eigenvalue weighted by atomic mass is 9.92. The lowest BCUT2D eigenvalue weighted by molar-refractivity contribution is 0.354. The van der Waals surface area contributed by atoms with Gasteiger partial charge in [0.2, 0.25) is 0 Å². The summed E-state index contributed by atoms with van der Waals surface area (Å²) >= 11 is 0. The van der Waals surface area contributed by atoms with Gasteiger partial charge in [0.25, 0.3) is 0 Å². The minimum Gasteiger partial charge on any atom is -0.493 e. The maximum atomic E-state index is 5.51. The number of aryl methyl sites for hydroxylation is 1. The van der Waals surface area contributed by atoms with Crippen LogP contribution >= 0.6 is 0 Å². The third-order valence-corrected chi connectivity index (χ3v) is 4.57. The Hall–Kier alpha value is -2.75. The molecule has 152 valence electrons. The number of hydrogen-bond acceptors (Lipinski definition) is 3. The van der Waals surface area contributed by atoms with Crippen LogP contribution in [0.1, 0.15) is 56.7 Å². The highest BCUT2D eigenvalue weighted by molar-refractivity contribution is 6.10. The number of para-hydroxylation sites is 1. The smallest absolute Gasteiger partial charge is 0.161 e. The van der Waals surface area contributed by atoms with Crippen LogP contribution in [-0.4, -0.2) is 20.1 Å². The van der Waals surface area contributed by atoms with E-state index in [1.54, 1.807) is 20.4 Å². The minimum atomic E-state index is 0.346. The first-order valence-corrected chi connectivity index (χ1v) is 9.83. The average Bonchev–Trinajstić information content (AvgIpc) is 2.74. The number of aliphatic imine (C=N–C) groups is 1. The first-order chi connectivity index (χ1) is 13.5. The number of benzene rings is 2. The second-order valence-corrected chi connectivity index (χ2v) is 6.20. The summed E-state index contributed by atoms with van der Waals surface area (Å²) in [5.41, 5.74) is 4.31. The summed E-state index contributed by atoms with van der Waals surface area (Å²) in [6, 6.07) is 12.2. The van der Waals surface area contributed by atoms with Gasteiger partial charge in [0, 0.05) is 17.5 Å². The van der Waals surface area contributed by atoms with Gasteiger partial charge in [0.15, 0.2) is 11.5 Å². The molecule has 0 saturated carbocycles. The second-order valence-electron chi connectivity index (χ2n) is 6.20. The first-order valence-electron chi connectivity index (χ1n) is 9.83. The van der Waals surface area contributed by atoms with E-state index in [0.29, 0.717) is 11.7 Å². The van der Waals surface area contributed by atoms with Crippen molar-refractivity contribution in [1.82, 2.24) is 0 Å². The van der Waals surface area contributed by atoms with Crippen molar-refractivity contribution in [3.8, 4) is 11.5 Å². The number of nitrogens with one attached hydrogen (secondary N) is 1. The molecule has 2 aromatic carbocycles. The van der Waals surface area contributed by atoms with Crippen LogP contribution in [0.5, 0.6) is 11.5 Å². The molecular formula is C24H34N2O2. The molecule has 0 bridgehead atoms. The van der Waals surface area contributed by atoms with E-state index in [0.717, 1.165) is 40.4 Å². The van der Waals surface area contributed by atoms with Crippen LogP contribution in [0.25, 0.3) is 0 Å². The molecule has 4 nitrogen and oxygen atoms in total. The highest BCUT2D eigenvalue weighted by atomic mass is 16.5. The van der Waals surface area contributed by atoms with Gasteiger partial charge in [0.1, 0.15) is 5.84 Å². The molecule has 0 aliphatic heterocycles. The topological polar surface area (TPSA) is 42.9 Å². The number of nitrogens with zero attached hydrogens (tertiary/aromatic N) is 1. The normalized spacial score (nSPS) is 11.8. The van der Waals surface area contributed by atoms with Crippen molar-refractivity contribution in [3.05, 3.63) is 65.9 Å². The molecule has 1 atom stereocenters. The number of methoxy groups -OCH3 is 2. The Bertz CT molecular complexity index is 797. The Morgan fingerprint density at radius 3 is 2.29 bits per heavy atom. The van der Waals surface area contributed by atoms with Gasteiger partial charge in [-0.1, -0.05) is 52.5 Å². The second kappa shape index (κ2) is 11.9. The molecule has 4 heteroatoms. The number of amidine groups is 1. The SMILES string of the molecule is C=CN=C(Nc1ccccc1C)c1cc(OC)c(OC)cc1C(C)CC.CC. The largest absolute Gasteiger partial charge is 0.493 e. The highest BCUT2D eigenvalue weighted by Gasteiger charge is 2.19. The molecule has 0 aliphatic carbocycles. The summed E-state index contributed by atoms with van der Waals surface area (Å²) in [7, 11) is 3.30. The molecule has 0 aliphatic rings. The maximum Gasteiger partial charge on any atom is 0.161 e. The molecule has 0 aromatic heterocycles. The molecule has 0 amide bonds. The summed E-state index contributed by atoms with van der Waals surface area (Å²) in [6.07, 6.45) is 2.56. The first kappa shape index (κ1) is 23.3. The van der Waals surface area contributed by atoms with E-state index >= 15 is 0 Å². The molecule has 0 spiro atoms. The zero-order valence-electron chi connectivity index (χ0n) is 18.3. The zero-order valence-corrected chi connectivity index (χ0v) is 18.3. The fourth-order valence-corrected chi connectivity index (χ4v) is 2.83. The van der Waals surface area contributed by atoms with E-state index in [4.69, 9.17) is 9.47 Å². The highest BCUT2D eigenvalue weighted by Crippen LogP contribution is 2.35. The lowest BCUT2D eigenvalue weighted by Gasteiger charge is -2.21. The summed E-state index contributed by atoms with van der Waals surface area (Å²) in [4.78, 5) is 4.51. The van der Waals surface area contributed by atoms with Crippen LogP contribution < -0.4 is 14.8 Å². The van der Waals surface area contributed by atoms with Gasteiger partial charge in [-0.2, -0.15) is 0 Å². The molecule has 0 saturated heterocycles. The van der Waals surface area contributed by atoms with E-state index in [9.17, 15) is 0 Å². The van der Waals surface area contributed by atoms with Crippen LogP contribution in [0.4, 0.5) is 5.69 Å². The molecule has 2 rings (SSSR count). The summed E-state index contributed by atoms with van der Waals surface area (Å²) in [6.45, 7) is 14.2. The fraction of sp³-hybridized carbons (Fsp3) is 0.375. The van der Waals surface area contributed by atoms with Crippen molar-refractivity contribution in [2.24, 2.45) is 4.99 Å². The standard InChI is InChI=1S/C22H28N2O2.C2H6/c1-7-15(3)17-13-20(25-5)21(26-6)14-18(17)22(23-8-2)24-19-12-10-9-11-16(19)4;1-2/h8-15H,2,7H2,1,3-6H3,(H,23,24);1-2H3. The Morgan fingerprint density at radius 1 is 1.14 bits per heavy atom. The molecule has 0 heterocycles. The average molecular weight is 383 g/mol. The Morgan fingerprint density at radius 2 is 1.75 bits per heavy atom. The number of ether oxygens (including phenoxy) is 2. The van der Waals surface area contributed by atoms with E-state index in [2.05, 4.69) is 43.7 Å². The third kappa shape index (κ3) is 5.62. The van der Waals surface area contributed by atoms with Crippen molar-refractivity contribution in [2.75, 3.05) is 19.5 Å². The van der Waals surface area contributed by atoms with Gasteiger partial charge in [0.05, 0.1) is 14.2 Å². The van der Waals surface area contributed by atoms with Crippen molar-refractivity contribution in [3.63, 3.8) is 0 Å². The van der Waals surface area contributed by atoms with Crippen LogP contribution in [0, 0.1) is 6.92 Å². The minimum absolute atomic E-state index is 0.346.